The molecule has 126 valence electrons. The third-order valence-electron chi connectivity index (χ3n) is 3.98. The highest BCUT2D eigenvalue weighted by molar-refractivity contribution is 5.91. The largest absolute Gasteiger partial charge is 0.462 e. The zero-order chi connectivity index (χ0) is 17.5. The third kappa shape index (κ3) is 4.14. The van der Waals surface area contributed by atoms with Crippen LogP contribution < -0.4 is 0 Å². The smallest absolute Gasteiger partial charge is 0.338 e. The summed E-state index contributed by atoms with van der Waals surface area (Å²) in [6.07, 6.45) is 0.453. The number of ether oxygens (including phenoxy) is 1. The first-order valence-electron chi connectivity index (χ1n) is 8.32. The Kier molecular flexibility index (Phi) is 5.60. The van der Waals surface area contributed by atoms with Crippen molar-refractivity contribution < 1.29 is 14.6 Å². The van der Waals surface area contributed by atoms with Crippen LogP contribution in [0.1, 0.15) is 16.8 Å². The SMILES string of the molecule is O=C(OCCCO)c1ccc(-c2ccccc2-c2ccccc2)cc1. The fourth-order valence-corrected chi connectivity index (χ4v) is 2.70. The monoisotopic (exact) mass is 332 g/mol. The first-order chi connectivity index (χ1) is 12.3. The highest BCUT2D eigenvalue weighted by Gasteiger charge is 2.10. The van der Waals surface area contributed by atoms with Crippen LogP contribution in [0.15, 0.2) is 78.9 Å². The van der Waals surface area contributed by atoms with Gasteiger partial charge < -0.3 is 9.84 Å². The zero-order valence-corrected chi connectivity index (χ0v) is 13.9. The molecule has 25 heavy (non-hydrogen) atoms. The molecule has 3 aromatic rings. The molecule has 0 saturated heterocycles. The number of hydrogen-bond donors (Lipinski definition) is 1. The van der Waals surface area contributed by atoms with Gasteiger partial charge >= 0.3 is 5.97 Å². The van der Waals surface area contributed by atoms with Crippen molar-refractivity contribution in [3.8, 4) is 22.3 Å². The minimum absolute atomic E-state index is 0.0164. The molecule has 3 aromatic carbocycles. The van der Waals surface area contributed by atoms with Gasteiger partial charge in [0.15, 0.2) is 0 Å². The van der Waals surface area contributed by atoms with Crippen LogP contribution in [0.5, 0.6) is 0 Å². The first-order valence-corrected chi connectivity index (χ1v) is 8.32. The van der Waals surface area contributed by atoms with Crippen LogP contribution in [-0.4, -0.2) is 24.3 Å². The van der Waals surface area contributed by atoms with Gasteiger partial charge in [0.05, 0.1) is 12.2 Å². The van der Waals surface area contributed by atoms with Crippen LogP contribution >= 0.6 is 0 Å². The van der Waals surface area contributed by atoms with Gasteiger partial charge in [0.1, 0.15) is 0 Å². The van der Waals surface area contributed by atoms with Crippen molar-refractivity contribution in [2.24, 2.45) is 0 Å². The number of rotatable bonds is 6. The van der Waals surface area contributed by atoms with Gasteiger partial charge in [0.25, 0.3) is 0 Å². The van der Waals surface area contributed by atoms with Crippen molar-refractivity contribution in [1.82, 2.24) is 0 Å². The van der Waals surface area contributed by atoms with Gasteiger partial charge in [-0.2, -0.15) is 0 Å². The standard InChI is InChI=1S/C22H20O3/c23-15-6-16-25-22(24)19-13-11-18(12-14-19)21-10-5-4-9-20(21)17-7-2-1-3-8-17/h1-5,7-14,23H,6,15-16H2. The van der Waals surface area contributed by atoms with Crippen LogP contribution in [0.25, 0.3) is 22.3 Å². The molecule has 3 nitrogen and oxygen atoms in total. The molecule has 1 N–H and O–H groups in total. The van der Waals surface area contributed by atoms with E-state index in [1.54, 1.807) is 12.1 Å². The summed E-state index contributed by atoms with van der Waals surface area (Å²) in [4.78, 5) is 12.0. The Morgan fingerprint density at radius 2 is 1.32 bits per heavy atom. The molecular formula is C22H20O3. The quantitative estimate of drug-likeness (QED) is 0.532. The van der Waals surface area contributed by atoms with Crippen molar-refractivity contribution in [3.05, 3.63) is 84.4 Å². The Labute approximate surface area is 147 Å². The Morgan fingerprint density at radius 3 is 1.92 bits per heavy atom. The van der Waals surface area contributed by atoms with Crippen LogP contribution in [0.4, 0.5) is 0 Å². The second-order valence-electron chi connectivity index (χ2n) is 5.70. The van der Waals surface area contributed by atoms with E-state index in [4.69, 9.17) is 9.84 Å². The molecule has 0 heterocycles. The number of aliphatic hydroxyl groups excluding tert-OH is 1. The van der Waals surface area contributed by atoms with Gasteiger partial charge in [0, 0.05) is 13.0 Å². The molecule has 3 rings (SSSR count). The Morgan fingerprint density at radius 1 is 0.760 bits per heavy atom. The van der Waals surface area contributed by atoms with Gasteiger partial charge in [-0.1, -0.05) is 66.7 Å². The minimum atomic E-state index is -0.364. The topological polar surface area (TPSA) is 46.5 Å². The lowest BCUT2D eigenvalue weighted by Gasteiger charge is -2.11. The minimum Gasteiger partial charge on any atom is -0.462 e. The van der Waals surface area contributed by atoms with Crippen LogP contribution in [-0.2, 0) is 4.74 Å². The predicted molar refractivity (Wildman–Crippen MR) is 99.3 cm³/mol. The molecule has 0 amide bonds. The van der Waals surface area contributed by atoms with Gasteiger partial charge in [0.2, 0.25) is 0 Å². The number of carbonyl (C=O) groups is 1. The van der Waals surface area contributed by atoms with E-state index < -0.39 is 0 Å². The molecular weight excluding hydrogens is 312 g/mol. The van der Waals surface area contributed by atoms with Crippen molar-refractivity contribution in [2.45, 2.75) is 6.42 Å². The Hall–Kier alpha value is -2.91. The second-order valence-corrected chi connectivity index (χ2v) is 5.70. The fraction of sp³-hybridized carbons (Fsp3) is 0.136. The lowest BCUT2D eigenvalue weighted by atomic mass is 9.94. The molecule has 0 aliphatic rings. The summed E-state index contributed by atoms with van der Waals surface area (Å²) < 4.78 is 5.11. The van der Waals surface area contributed by atoms with Crippen molar-refractivity contribution in [2.75, 3.05) is 13.2 Å². The second kappa shape index (κ2) is 8.27. The molecule has 0 spiro atoms. The summed E-state index contributed by atoms with van der Waals surface area (Å²) in [6.45, 7) is 0.246. The van der Waals surface area contributed by atoms with E-state index in [1.165, 1.54) is 0 Å². The van der Waals surface area contributed by atoms with Crippen molar-refractivity contribution in [1.29, 1.82) is 0 Å². The van der Waals surface area contributed by atoms with E-state index >= 15 is 0 Å². The molecule has 0 aliphatic carbocycles. The van der Waals surface area contributed by atoms with Crippen LogP contribution in [0.2, 0.25) is 0 Å². The van der Waals surface area contributed by atoms with Gasteiger partial charge in [-0.05, 0) is 34.4 Å². The lowest BCUT2D eigenvalue weighted by molar-refractivity contribution is 0.0482. The van der Waals surface area contributed by atoms with E-state index in [-0.39, 0.29) is 19.2 Å². The molecule has 0 unspecified atom stereocenters. The summed E-state index contributed by atoms with van der Waals surface area (Å²) in [5.74, 6) is -0.364. The van der Waals surface area contributed by atoms with Gasteiger partial charge in [-0.25, -0.2) is 4.79 Å². The molecule has 0 fully saturated rings. The highest BCUT2D eigenvalue weighted by Crippen LogP contribution is 2.31. The average molecular weight is 332 g/mol. The summed E-state index contributed by atoms with van der Waals surface area (Å²) in [7, 11) is 0. The van der Waals surface area contributed by atoms with Gasteiger partial charge in [-0.15, -0.1) is 0 Å². The maximum absolute atomic E-state index is 12.0. The number of hydrogen-bond acceptors (Lipinski definition) is 3. The summed E-state index contributed by atoms with van der Waals surface area (Å²) in [5, 5.41) is 8.74. The highest BCUT2D eigenvalue weighted by atomic mass is 16.5. The summed E-state index contributed by atoms with van der Waals surface area (Å²) in [6, 6.07) is 25.9. The number of benzene rings is 3. The first kappa shape index (κ1) is 16.9. The normalized spacial score (nSPS) is 10.4. The molecule has 0 saturated carbocycles. The van der Waals surface area contributed by atoms with E-state index in [1.807, 2.05) is 42.5 Å². The fourth-order valence-electron chi connectivity index (χ4n) is 2.70. The zero-order valence-electron chi connectivity index (χ0n) is 13.9. The maximum Gasteiger partial charge on any atom is 0.338 e. The number of aliphatic hydroxyl groups is 1. The Bertz CT molecular complexity index is 823. The molecule has 3 heteroatoms. The van der Waals surface area contributed by atoms with E-state index in [0.29, 0.717) is 12.0 Å². The Balaban J connectivity index is 1.85. The van der Waals surface area contributed by atoms with E-state index in [9.17, 15) is 4.79 Å². The molecule has 0 bridgehead atoms. The van der Waals surface area contributed by atoms with Crippen molar-refractivity contribution >= 4 is 5.97 Å². The average Bonchev–Trinajstić information content (AvgIpc) is 2.69. The van der Waals surface area contributed by atoms with Crippen LogP contribution in [0, 0.1) is 0 Å². The number of esters is 1. The lowest BCUT2D eigenvalue weighted by Crippen LogP contribution is -2.07. The van der Waals surface area contributed by atoms with Gasteiger partial charge in [-0.3, -0.25) is 0 Å². The summed E-state index contributed by atoms with van der Waals surface area (Å²) in [5.41, 5.74) is 4.99. The van der Waals surface area contributed by atoms with E-state index in [0.717, 1.165) is 22.3 Å². The molecule has 0 radical (unpaired) electrons. The molecule has 0 aromatic heterocycles. The van der Waals surface area contributed by atoms with Crippen molar-refractivity contribution in [3.63, 3.8) is 0 Å². The molecule has 0 atom stereocenters. The third-order valence-corrected chi connectivity index (χ3v) is 3.98. The summed E-state index contributed by atoms with van der Waals surface area (Å²) >= 11 is 0. The predicted octanol–water partition coefficient (Wildman–Crippen LogP) is 4.56. The van der Waals surface area contributed by atoms with Crippen LogP contribution in [0.3, 0.4) is 0 Å². The van der Waals surface area contributed by atoms with E-state index in [2.05, 4.69) is 24.3 Å². The molecule has 0 aliphatic heterocycles. The number of carbonyl (C=O) groups excluding carboxylic acids is 1. The maximum atomic E-state index is 12.0.